The lowest BCUT2D eigenvalue weighted by atomic mass is 9.73. The molecule has 4 nitrogen and oxygen atoms in total. The summed E-state index contributed by atoms with van der Waals surface area (Å²) in [6.07, 6.45) is 0. The number of nitrogens with two attached hydrogens (primary N) is 1. The third kappa shape index (κ3) is 3.43. The van der Waals surface area contributed by atoms with Crippen LogP contribution in [0, 0.1) is 19.3 Å². The van der Waals surface area contributed by atoms with Crippen LogP contribution in [0.5, 0.6) is 0 Å². The van der Waals surface area contributed by atoms with E-state index in [1.54, 1.807) is 0 Å². The van der Waals surface area contributed by atoms with E-state index in [9.17, 15) is 4.79 Å². The van der Waals surface area contributed by atoms with Gasteiger partial charge in [0.25, 0.3) is 0 Å². The quantitative estimate of drug-likeness (QED) is 0.934. The van der Waals surface area contributed by atoms with Crippen molar-refractivity contribution in [2.75, 3.05) is 31.2 Å². The summed E-state index contributed by atoms with van der Waals surface area (Å²) in [4.78, 5) is 14.4. The zero-order chi connectivity index (χ0) is 16.5. The number of anilines is 1. The molecule has 1 aromatic rings. The van der Waals surface area contributed by atoms with Crippen LogP contribution in [0.2, 0.25) is 0 Å². The number of primary amides is 1. The van der Waals surface area contributed by atoms with Crippen LogP contribution in [0.3, 0.4) is 0 Å². The van der Waals surface area contributed by atoms with Gasteiger partial charge in [-0.3, -0.25) is 4.79 Å². The van der Waals surface area contributed by atoms with Gasteiger partial charge in [0.15, 0.2) is 0 Å². The van der Waals surface area contributed by atoms with Crippen LogP contribution in [0.15, 0.2) is 12.1 Å². The number of aryl methyl sites for hydroxylation is 2. The van der Waals surface area contributed by atoms with Crippen LogP contribution in [0.1, 0.15) is 43.4 Å². The Kier molecular flexibility index (Phi) is 4.81. The van der Waals surface area contributed by atoms with Crippen molar-refractivity contribution in [3.8, 4) is 0 Å². The number of amides is 1. The van der Waals surface area contributed by atoms with Gasteiger partial charge in [-0.15, -0.1) is 0 Å². The van der Waals surface area contributed by atoms with E-state index in [1.807, 2.05) is 0 Å². The molecule has 1 heterocycles. The molecule has 22 heavy (non-hydrogen) atoms. The lowest BCUT2D eigenvalue weighted by Gasteiger charge is -2.33. The number of nitrogens with zero attached hydrogens (tertiary/aromatic N) is 1. The third-order valence-electron chi connectivity index (χ3n) is 4.39. The molecule has 1 atom stereocenters. The van der Waals surface area contributed by atoms with Gasteiger partial charge in [0.1, 0.15) is 0 Å². The maximum atomic E-state index is 12.0. The van der Waals surface area contributed by atoms with Crippen LogP contribution < -0.4 is 10.6 Å². The maximum absolute atomic E-state index is 12.0. The van der Waals surface area contributed by atoms with E-state index in [0.717, 1.165) is 43.0 Å². The summed E-state index contributed by atoms with van der Waals surface area (Å²) in [5, 5.41) is 0. The van der Waals surface area contributed by atoms with E-state index >= 15 is 0 Å². The first-order valence-corrected chi connectivity index (χ1v) is 7.95. The highest BCUT2D eigenvalue weighted by atomic mass is 16.5. The Morgan fingerprint density at radius 1 is 1.18 bits per heavy atom. The van der Waals surface area contributed by atoms with Gasteiger partial charge in [-0.05, 0) is 48.1 Å². The summed E-state index contributed by atoms with van der Waals surface area (Å²) >= 11 is 0. The molecular weight excluding hydrogens is 276 g/mol. The van der Waals surface area contributed by atoms with Crippen LogP contribution in [0.25, 0.3) is 0 Å². The number of benzene rings is 1. The molecule has 2 rings (SSSR count). The number of rotatable bonds is 3. The Hall–Kier alpha value is -1.55. The average Bonchev–Trinajstić information content (AvgIpc) is 2.41. The van der Waals surface area contributed by atoms with Gasteiger partial charge in [-0.2, -0.15) is 0 Å². The second kappa shape index (κ2) is 6.29. The second-order valence-corrected chi connectivity index (χ2v) is 7.29. The van der Waals surface area contributed by atoms with Crippen LogP contribution in [0.4, 0.5) is 5.69 Å². The molecule has 0 spiro atoms. The van der Waals surface area contributed by atoms with Crippen molar-refractivity contribution in [3.63, 3.8) is 0 Å². The predicted molar refractivity (Wildman–Crippen MR) is 90.3 cm³/mol. The van der Waals surface area contributed by atoms with Crippen molar-refractivity contribution < 1.29 is 9.53 Å². The molecule has 0 aliphatic carbocycles. The van der Waals surface area contributed by atoms with Crippen molar-refractivity contribution in [2.24, 2.45) is 11.1 Å². The number of morpholine rings is 1. The number of carbonyl (C=O) groups is 1. The Labute approximate surface area is 133 Å². The van der Waals surface area contributed by atoms with E-state index in [4.69, 9.17) is 10.5 Å². The summed E-state index contributed by atoms with van der Waals surface area (Å²) in [5.74, 6) is -0.524. The van der Waals surface area contributed by atoms with Crippen molar-refractivity contribution in [3.05, 3.63) is 28.8 Å². The van der Waals surface area contributed by atoms with Gasteiger partial charge in [-0.25, -0.2) is 0 Å². The molecule has 1 amide bonds. The lowest BCUT2D eigenvalue weighted by Crippen LogP contribution is -2.36. The predicted octanol–water partition coefficient (Wildman–Crippen LogP) is 2.76. The number of ether oxygens (including phenoxy) is 1. The largest absolute Gasteiger partial charge is 0.378 e. The minimum atomic E-state index is -0.272. The average molecular weight is 304 g/mol. The highest BCUT2D eigenvalue weighted by Crippen LogP contribution is 2.39. The Balaban J connectivity index is 2.43. The summed E-state index contributed by atoms with van der Waals surface area (Å²) in [6.45, 7) is 13.7. The molecule has 0 aromatic heterocycles. The molecule has 1 unspecified atom stereocenters. The second-order valence-electron chi connectivity index (χ2n) is 7.29. The van der Waals surface area contributed by atoms with Crippen molar-refractivity contribution in [2.45, 2.75) is 40.5 Å². The zero-order valence-electron chi connectivity index (χ0n) is 14.4. The van der Waals surface area contributed by atoms with Gasteiger partial charge < -0.3 is 15.4 Å². The van der Waals surface area contributed by atoms with E-state index in [1.165, 1.54) is 5.69 Å². The molecule has 1 fully saturated rings. The van der Waals surface area contributed by atoms with Crippen molar-refractivity contribution >= 4 is 11.6 Å². The fourth-order valence-electron chi connectivity index (χ4n) is 3.41. The summed E-state index contributed by atoms with van der Waals surface area (Å²) in [6, 6.07) is 4.35. The molecule has 1 saturated heterocycles. The SMILES string of the molecule is Cc1cc(N2CCOCC2)cc(C)c1C(C(N)=O)C(C)(C)C. The van der Waals surface area contributed by atoms with Crippen LogP contribution in [-0.4, -0.2) is 32.2 Å². The number of carbonyl (C=O) groups excluding carboxylic acids is 1. The molecule has 0 saturated carbocycles. The van der Waals surface area contributed by atoms with Crippen molar-refractivity contribution in [1.29, 1.82) is 0 Å². The third-order valence-corrected chi connectivity index (χ3v) is 4.39. The normalized spacial score (nSPS) is 17.4. The Morgan fingerprint density at radius 2 is 1.68 bits per heavy atom. The van der Waals surface area contributed by atoms with E-state index < -0.39 is 0 Å². The molecule has 0 bridgehead atoms. The fraction of sp³-hybridized carbons (Fsp3) is 0.611. The molecular formula is C18H28N2O2. The van der Waals surface area contributed by atoms with E-state index in [0.29, 0.717) is 0 Å². The Bertz CT molecular complexity index is 532. The lowest BCUT2D eigenvalue weighted by molar-refractivity contribution is -0.121. The monoisotopic (exact) mass is 304 g/mol. The number of hydrogen-bond donors (Lipinski definition) is 1. The molecule has 1 aliphatic heterocycles. The summed E-state index contributed by atoms with van der Waals surface area (Å²) in [5.41, 5.74) is 10.1. The van der Waals surface area contributed by atoms with E-state index in [-0.39, 0.29) is 17.2 Å². The van der Waals surface area contributed by atoms with Gasteiger partial charge >= 0.3 is 0 Å². The minimum absolute atomic E-state index is 0.193. The summed E-state index contributed by atoms with van der Waals surface area (Å²) in [7, 11) is 0. The van der Waals surface area contributed by atoms with Gasteiger partial charge in [0.2, 0.25) is 5.91 Å². The molecule has 2 N–H and O–H groups in total. The molecule has 0 radical (unpaired) electrons. The Morgan fingerprint density at radius 3 is 2.09 bits per heavy atom. The van der Waals surface area contributed by atoms with Gasteiger partial charge in [0.05, 0.1) is 19.1 Å². The molecule has 1 aliphatic rings. The maximum Gasteiger partial charge on any atom is 0.225 e. The van der Waals surface area contributed by atoms with Gasteiger partial charge in [-0.1, -0.05) is 20.8 Å². The van der Waals surface area contributed by atoms with Gasteiger partial charge in [0, 0.05) is 18.8 Å². The molecule has 4 heteroatoms. The summed E-state index contributed by atoms with van der Waals surface area (Å²) < 4.78 is 5.42. The molecule has 1 aromatic carbocycles. The van der Waals surface area contributed by atoms with Crippen LogP contribution in [-0.2, 0) is 9.53 Å². The van der Waals surface area contributed by atoms with Crippen molar-refractivity contribution in [1.82, 2.24) is 0 Å². The smallest absolute Gasteiger partial charge is 0.225 e. The number of hydrogen-bond acceptors (Lipinski definition) is 3. The fourth-order valence-corrected chi connectivity index (χ4v) is 3.41. The van der Waals surface area contributed by atoms with Crippen LogP contribution >= 0.6 is 0 Å². The first kappa shape index (κ1) is 16.8. The highest BCUT2D eigenvalue weighted by Gasteiger charge is 2.33. The van der Waals surface area contributed by atoms with E-state index in [2.05, 4.69) is 51.7 Å². The minimum Gasteiger partial charge on any atom is -0.378 e. The topological polar surface area (TPSA) is 55.6 Å². The highest BCUT2D eigenvalue weighted by molar-refractivity contribution is 5.84. The molecule has 122 valence electrons. The zero-order valence-corrected chi connectivity index (χ0v) is 14.4. The first-order valence-electron chi connectivity index (χ1n) is 7.95. The first-order chi connectivity index (χ1) is 10.2. The standard InChI is InChI=1S/C18H28N2O2/c1-12-10-14(20-6-8-22-9-7-20)11-13(2)15(12)16(17(19)21)18(3,4)5/h10-11,16H,6-9H2,1-5H3,(H2,19,21).